The van der Waals surface area contributed by atoms with Crippen LogP contribution >= 0.6 is 11.6 Å². The van der Waals surface area contributed by atoms with Gasteiger partial charge in [-0.1, -0.05) is 24.6 Å². The minimum absolute atomic E-state index is 0.450. The summed E-state index contributed by atoms with van der Waals surface area (Å²) >= 11 is 6.16. The normalized spacial score (nSPS) is 11.5. The number of pyridine rings is 1. The standard InChI is InChI=1S/C17H17ClN6/c1-3-12-8-20-24-16(7-14(18)22-17(12)24)19-9-13-10-23-11(2)5-4-6-15(23)21-13/h4-8,10,19H,3,9H2,1-2H3. The molecule has 0 bridgehead atoms. The number of nitrogens with zero attached hydrogens (tertiary/aromatic N) is 5. The molecule has 0 spiro atoms. The zero-order chi connectivity index (χ0) is 16.7. The summed E-state index contributed by atoms with van der Waals surface area (Å²) in [5.41, 5.74) is 4.91. The van der Waals surface area contributed by atoms with E-state index in [4.69, 9.17) is 11.6 Å². The van der Waals surface area contributed by atoms with Crippen LogP contribution in [0.1, 0.15) is 23.9 Å². The van der Waals surface area contributed by atoms with Crippen LogP contribution in [0, 0.1) is 6.92 Å². The summed E-state index contributed by atoms with van der Waals surface area (Å²) in [5.74, 6) is 0.804. The number of rotatable bonds is 4. The molecule has 0 aromatic carbocycles. The predicted molar refractivity (Wildman–Crippen MR) is 94.6 cm³/mol. The average molecular weight is 341 g/mol. The number of halogens is 1. The van der Waals surface area contributed by atoms with E-state index in [2.05, 4.69) is 44.7 Å². The molecule has 4 rings (SSSR count). The number of fused-ring (bicyclic) bond motifs is 2. The maximum atomic E-state index is 6.16. The highest BCUT2D eigenvalue weighted by Gasteiger charge is 2.10. The zero-order valence-electron chi connectivity index (χ0n) is 13.5. The monoisotopic (exact) mass is 340 g/mol. The fraction of sp³-hybridized carbons (Fsp3) is 0.235. The molecule has 0 amide bonds. The van der Waals surface area contributed by atoms with Gasteiger partial charge in [0.2, 0.25) is 0 Å². The van der Waals surface area contributed by atoms with E-state index >= 15 is 0 Å². The van der Waals surface area contributed by atoms with Crippen molar-refractivity contribution in [1.29, 1.82) is 0 Å². The van der Waals surface area contributed by atoms with Gasteiger partial charge in [0.15, 0.2) is 5.65 Å². The van der Waals surface area contributed by atoms with Gasteiger partial charge in [0.25, 0.3) is 0 Å². The fourth-order valence-corrected chi connectivity index (χ4v) is 3.00. The Kier molecular flexibility index (Phi) is 3.61. The molecule has 4 aromatic heterocycles. The second kappa shape index (κ2) is 5.79. The summed E-state index contributed by atoms with van der Waals surface area (Å²) in [6, 6.07) is 7.85. The molecule has 4 aromatic rings. The number of anilines is 1. The van der Waals surface area contributed by atoms with Crippen LogP contribution in [0.3, 0.4) is 0 Å². The van der Waals surface area contributed by atoms with Gasteiger partial charge in [-0.25, -0.2) is 9.97 Å². The van der Waals surface area contributed by atoms with Crippen LogP contribution in [0.4, 0.5) is 5.82 Å². The van der Waals surface area contributed by atoms with Gasteiger partial charge in [-0.15, -0.1) is 0 Å². The molecule has 4 heterocycles. The molecule has 0 saturated carbocycles. The van der Waals surface area contributed by atoms with E-state index in [-0.39, 0.29) is 0 Å². The number of imidazole rings is 1. The van der Waals surface area contributed by atoms with Crippen LogP contribution < -0.4 is 5.32 Å². The molecular weight excluding hydrogens is 324 g/mol. The van der Waals surface area contributed by atoms with Gasteiger partial charge in [0.05, 0.1) is 18.4 Å². The van der Waals surface area contributed by atoms with Crippen molar-refractivity contribution >= 4 is 28.7 Å². The van der Waals surface area contributed by atoms with Gasteiger partial charge in [-0.3, -0.25) is 0 Å². The number of hydrogen-bond acceptors (Lipinski definition) is 4. The van der Waals surface area contributed by atoms with Crippen molar-refractivity contribution < 1.29 is 0 Å². The maximum absolute atomic E-state index is 6.16. The van der Waals surface area contributed by atoms with Crippen molar-refractivity contribution in [3.05, 3.63) is 58.8 Å². The molecule has 1 N–H and O–H groups in total. The SMILES string of the molecule is CCc1cnn2c(NCc3cn4c(C)cccc4n3)cc(Cl)nc12. The molecule has 0 saturated heterocycles. The summed E-state index contributed by atoms with van der Waals surface area (Å²) in [7, 11) is 0. The second-order valence-electron chi connectivity index (χ2n) is 5.70. The Labute approximate surface area is 144 Å². The maximum Gasteiger partial charge on any atom is 0.162 e. The van der Waals surface area contributed by atoms with Crippen molar-refractivity contribution in [3.63, 3.8) is 0 Å². The van der Waals surface area contributed by atoms with Crippen molar-refractivity contribution in [3.8, 4) is 0 Å². The fourth-order valence-electron chi connectivity index (χ4n) is 2.82. The third kappa shape index (κ3) is 2.49. The predicted octanol–water partition coefficient (Wildman–Crippen LogP) is 3.51. The molecule has 0 radical (unpaired) electrons. The number of nitrogens with one attached hydrogen (secondary N) is 1. The molecular formula is C17H17ClN6. The number of hydrogen-bond donors (Lipinski definition) is 1. The van der Waals surface area contributed by atoms with E-state index in [0.29, 0.717) is 11.7 Å². The Morgan fingerprint density at radius 1 is 1.25 bits per heavy atom. The van der Waals surface area contributed by atoms with Crippen LogP contribution in [-0.4, -0.2) is 24.0 Å². The first-order valence-electron chi connectivity index (χ1n) is 7.86. The first-order valence-corrected chi connectivity index (χ1v) is 8.24. The molecule has 0 aliphatic heterocycles. The smallest absolute Gasteiger partial charge is 0.162 e. The molecule has 0 atom stereocenters. The molecule has 6 nitrogen and oxygen atoms in total. The van der Waals surface area contributed by atoms with E-state index in [1.807, 2.05) is 24.5 Å². The highest BCUT2D eigenvalue weighted by molar-refractivity contribution is 6.29. The van der Waals surface area contributed by atoms with Gasteiger partial charge in [0, 0.05) is 23.5 Å². The lowest BCUT2D eigenvalue weighted by Gasteiger charge is -2.07. The van der Waals surface area contributed by atoms with E-state index < -0.39 is 0 Å². The Morgan fingerprint density at radius 3 is 2.92 bits per heavy atom. The minimum Gasteiger partial charge on any atom is -0.364 e. The van der Waals surface area contributed by atoms with Gasteiger partial charge < -0.3 is 9.72 Å². The van der Waals surface area contributed by atoms with Gasteiger partial charge >= 0.3 is 0 Å². The van der Waals surface area contributed by atoms with E-state index in [1.54, 1.807) is 10.6 Å². The molecule has 0 fully saturated rings. The van der Waals surface area contributed by atoms with Crippen LogP contribution in [0.2, 0.25) is 5.15 Å². The quantitative estimate of drug-likeness (QED) is 0.577. The Morgan fingerprint density at radius 2 is 2.12 bits per heavy atom. The lowest BCUT2D eigenvalue weighted by atomic mass is 10.3. The lowest BCUT2D eigenvalue weighted by molar-refractivity contribution is 0.919. The van der Waals surface area contributed by atoms with E-state index in [0.717, 1.165) is 40.5 Å². The summed E-state index contributed by atoms with van der Waals surface area (Å²) in [6.45, 7) is 4.72. The molecule has 24 heavy (non-hydrogen) atoms. The van der Waals surface area contributed by atoms with Crippen molar-refractivity contribution in [2.75, 3.05) is 5.32 Å². The largest absolute Gasteiger partial charge is 0.364 e. The summed E-state index contributed by atoms with van der Waals surface area (Å²) in [6.07, 6.45) is 4.73. The Balaban J connectivity index is 1.66. The lowest BCUT2D eigenvalue weighted by Crippen LogP contribution is -2.06. The van der Waals surface area contributed by atoms with Crippen LogP contribution in [-0.2, 0) is 13.0 Å². The Hall–Kier alpha value is -2.60. The average Bonchev–Trinajstić information content (AvgIpc) is 3.16. The Bertz CT molecular complexity index is 1030. The van der Waals surface area contributed by atoms with Crippen molar-refractivity contribution in [1.82, 2.24) is 24.0 Å². The van der Waals surface area contributed by atoms with Crippen LogP contribution in [0.5, 0.6) is 0 Å². The van der Waals surface area contributed by atoms with Gasteiger partial charge in [-0.05, 0) is 25.5 Å². The first kappa shape index (κ1) is 15.0. The van der Waals surface area contributed by atoms with Gasteiger partial charge in [-0.2, -0.15) is 9.61 Å². The highest BCUT2D eigenvalue weighted by Crippen LogP contribution is 2.20. The van der Waals surface area contributed by atoms with E-state index in [9.17, 15) is 0 Å². The molecule has 0 unspecified atom stereocenters. The second-order valence-corrected chi connectivity index (χ2v) is 6.09. The number of aryl methyl sites for hydroxylation is 2. The molecule has 7 heteroatoms. The summed E-state index contributed by atoms with van der Waals surface area (Å²) in [5, 5.41) is 8.22. The summed E-state index contributed by atoms with van der Waals surface area (Å²) in [4.78, 5) is 9.01. The molecule has 0 aliphatic carbocycles. The molecule has 0 aliphatic rings. The minimum atomic E-state index is 0.450. The van der Waals surface area contributed by atoms with Gasteiger partial charge in [0.1, 0.15) is 16.6 Å². The van der Waals surface area contributed by atoms with Crippen molar-refractivity contribution in [2.45, 2.75) is 26.8 Å². The first-order chi connectivity index (χ1) is 11.7. The zero-order valence-corrected chi connectivity index (χ0v) is 14.2. The number of aromatic nitrogens is 5. The third-order valence-electron chi connectivity index (χ3n) is 4.09. The summed E-state index contributed by atoms with van der Waals surface area (Å²) < 4.78 is 3.86. The highest BCUT2D eigenvalue weighted by atomic mass is 35.5. The topological polar surface area (TPSA) is 59.5 Å². The molecule has 122 valence electrons. The van der Waals surface area contributed by atoms with Crippen LogP contribution in [0.25, 0.3) is 11.3 Å². The van der Waals surface area contributed by atoms with Crippen LogP contribution in [0.15, 0.2) is 36.7 Å². The third-order valence-corrected chi connectivity index (χ3v) is 4.28. The van der Waals surface area contributed by atoms with E-state index in [1.165, 1.54) is 0 Å². The van der Waals surface area contributed by atoms with Crippen molar-refractivity contribution in [2.24, 2.45) is 0 Å².